The van der Waals surface area contributed by atoms with Crippen LogP contribution >= 0.6 is 34.8 Å². The van der Waals surface area contributed by atoms with Crippen molar-refractivity contribution in [1.82, 2.24) is 9.78 Å². The van der Waals surface area contributed by atoms with E-state index in [1.807, 2.05) is 35.9 Å². The Morgan fingerprint density at radius 2 is 2.05 bits per heavy atom. The van der Waals surface area contributed by atoms with Crippen LogP contribution in [0.25, 0.3) is 0 Å². The summed E-state index contributed by atoms with van der Waals surface area (Å²) in [6.45, 7) is 4.78. The standard InChI is InChI=1S/C15H17Cl3N2/c1-3-20-14(15(18)10(2)19-20)8-12(9-16)11-5-4-6-13(17)7-11/h4-7,12H,3,8-9H2,1-2H3. The highest BCUT2D eigenvalue weighted by Crippen LogP contribution is 2.29. The molecule has 0 fully saturated rings. The molecule has 1 heterocycles. The van der Waals surface area contributed by atoms with Crippen LogP contribution < -0.4 is 0 Å². The van der Waals surface area contributed by atoms with Gasteiger partial charge in [-0.25, -0.2) is 0 Å². The van der Waals surface area contributed by atoms with Crippen LogP contribution in [-0.2, 0) is 13.0 Å². The van der Waals surface area contributed by atoms with E-state index in [9.17, 15) is 0 Å². The quantitative estimate of drug-likeness (QED) is 0.698. The van der Waals surface area contributed by atoms with Crippen LogP contribution in [0.1, 0.15) is 29.8 Å². The number of aromatic nitrogens is 2. The van der Waals surface area contributed by atoms with Gasteiger partial charge in [0.1, 0.15) is 0 Å². The Hall–Kier alpha value is -0.700. The van der Waals surface area contributed by atoms with Crippen molar-refractivity contribution in [1.29, 1.82) is 0 Å². The molecule has 2 rings (SSSR count). The summed E-state index contributed by atoms with van der Waals surface area (Å²) in [6.07, 6.45) is 0.761. The van der Waals surface area contributed by atoms with E-state index in [0.29, 0.717) is 5.88 Å². The first-order valence-corrected chi connectivity index (χ1v) is 7.89. The molecule has 1 atom stereocenters. The van der Waals surface area contributed by atoms with Crippen LogP contribution in [0.4, 0.5) is 0 Å². The van der Waals surface area contributed by atoms with Crippen molar-refractivity contribution in [3.8, 4) is 0 Å². The van der Waals surface area contributed by atoms with Crippen molar-refractivity contribution in [2.24, 2.45) is 0 Å². The average molecular weight is 332 g/mol. The van der Waals surface area contributed by atoms with Crippen molar-refractivity contribution >= 4 is 34.8 Å². The number of rotatable bonds is 5. The van der Waals surface area contributed by atoms with Gasteiger partial charge in [0.05, 0.1) is 16.4 Å². The Bertz CT molecular complexity index is 593. The monoisotopic (exact) mass is 330 g/mol. The molecule has 0 radical (unpaired) electrons. The third-order valence-electron chi connectivity index (χ3n) is 3.40. The van der Waals surface area contributed by atoms with Crippen molar-refractivity contribution in [2.45, 2.75) is 32.7 Å². The van der Waals surface area contributed by atoms with Crippen LogP contribution in [0.3, 0.4) is 0 Å². The second kappa shape index (κ2) is 6.84. The third kappa shape index (κ3) is 3.30. The van der Waals surface area contributed by atoms with Gasteiger partial charge in [-0.15, -0.1) is 11.6 Å². The molecular formula is C15H17Cl3N2. The minimum atomic E-state index is 0.175. The molecule has 1 aromatic heterocycles. The minimum Gasteiger partial charge on any atom is -0.268 e. The van der Waals surface area contributed by atoms with E-state index in [1.54, 1.807) is 0 Å². The predicted molar refractivity (Wildman–Crippen MR) is 86.3 cm³/mol. The number of alkyl halides is 1. The molecule has 2 aromatic rings. The summed E-state index contributed by atoms with van der Waals surface area (Å²) in [5.74, 6) is 0.694. The zero-order valence-corrected chi connectivity index (χ0v) is 13.8. The van der Waals surface area contributed by atoms with E-state index in [1.165, 1.54) is 0 Å². The van der Waals surface area contributed by atoms with Gasteiger partial charge < -0.3 is 0 Å². The SMILES string of the molecule is CCn1nc(C)c(Cl)c1CC(CCl)c1cccc(Cl)c1. The molecule has 0 amide bonds. The van der Waals surface area contributed by atoms with Crippen LogP contribution in [0.5, 0.6) is 0 Å². The summed E-state index contributed by atoms with van der Waals surface area (Å²) < 4.78 is 1.95. The van der Waals surface area contributed by atoms with E-state index < -0.39 is 0 Å². The van der Waals surface area contributed by atoms with Crippen LogP contribution in [-0.4, -0.2) is 15.7 Å². The molecule has 0 spiro atoms. The Balaban J connectivity index is 2.31. The summed E-state index contributed by atoms with van der Waals surface area (Å²) in [5, 5.41) is 5.91. The molecule has 1 unspecified atom stereocenters. The van der Waals surface area contributed by atoms with Crippen molar-refractivity contribution < 1.29 is 0 Å². The first kappa shape index (κ1) is 15.7. The third-order valence-corrected chi connectivity index (χ3v) is 4.50. The van der Waals surface area contributed by atoms with Gasteiger partial charge in [-0.2, -0.15) is 5.10 Å². The molecule has 2 nitrogen and oxygen atoms in total. The lowest BCUT2D eigenvalue weighted by Gasteiger charge is -2.16. The fourth-order valence-electron chi connectivity index (χ4n) is 2.32. The predicted octanol–water partition coefficient (Wildman–Crippen LogP) is 5.08. The van der Waals surface area contributed by atoms with Crippen molar-refractivity contribution in [3.05, 3.63) is 51.3 Å². The average Bonchev–Trinajstić information content (AvgIpc) is 2.71. The maximum Gasteiger partial charge on any atom is 0.0847 e. The zero-order valence-electron chi connectivity index (χ0n) is 11.5. The van der Waals surface area contributed by atoms with Gasteiger partial charge >= 0.3 is 0 Å². The highest BCUT2D eigenvalue weighted by molar-refractivity contribution is 6.32. The molecule has 1 aromatic carbocycles. The smallest absolute Gasteiger partial charge is 0.0847 e. The number of benzene rings is 1. The van der Waals surface area contributed by atoms with E-state index in [4.69, 9.17) is 34.8 Å². The number of nitrogens with zero attached hydrogens (tertiary/aromatic N) is 2. The Morgan fingerprint density at radius 1 is 1.30 bits per heavy atom. The molecule has 108 valence electrons. The van der Waals surface area contributed by atoms with Crippen LogP contribution in [0.15, 0.2) is 24.3 Å². The topological polar surface area (TPSA) is 17.8 Å². The molecule has 0 saturated heterocycles. The number of hydrogen-bond donors (Lipinski definition) is 0. The number of halogens is 3. The second-order valence-electron chi connectivity index (χ2n) is 4.77. The van der Waals surface area contributed by atoms with Gasteiger partial charge in [0.15, 0.2) is 0 Å². The molecule has 0 bridgehead atoms. The fourth-order valence-corrected chi connectivity index (χ4v) is 3.02. The first-order valence-electron chi connectivity index (χ1n) is 6.60. The zero-order chi connectivity index (χ0) is 14.7. The summed E-state index contributed by atoms with van der Waals surface area (Å²) in [6, 6.07) is 7.82. The molecule has 0 aliphatic heterocycles. The molecule has 0 aliphatic carbocycles. The van der Waals surface area contributed by atoms with E-state index in [-0.39, 0.29) is 5.92 Å². The molecule has 0 saturated carbocycles. The van der Waals surface area contributed by atoms with Crippen molar-refractivity contribution in [2.75, 3.05) is 5.88 Å². The summed E-state index contributed by atoms with van der Waals surface area (Å²) in [5.41, 5.74) is 3.03. The largest absolute Gasteiger partial charge is 0.268 e. The fraction of sp³-hybridized carbons (Fsp3) is 0.400. The highest BCUT2D eigenvalue weighted by Gasteiger charge is 2.19. The summed E-state index contributed by atoms with van der Waals surface area (Å²) >= 11 is 18.6. The van der Waals surface area contributed by atoms with Crippen LogP contribution in [0, 0.1) is 6.92 Å². The maximum absolute atomic E-state index is 6.36. The normalized spacial score (nSPS) is 12.7. The molecule has 5 heteroatoms. The van der Waals surface area contributed by atoms with Gasteiger partial charge in [-0.05, 0) is 38.0 Å². The first-order chi connectivity index (χ1) is 9.56. The second-order valence-corrected chi connectivity index (χ2v) is 5.90. The van der Waals surface area contributed by atoms with Gasteiger partial charge in [0, 0.05) is 23.4 Å². The van der Waals surface area contributed by atoms with Gasteiger partial charge in [-0.3, -0.25) is 4.68 Å². The minimum absolute atomic E-state index is 0.175. The van der Waals surface area contributed by atoms with E-state index in [0.717, 1.165) is 40.0 Å². The maximum atomic E-state index is 6.36. The lowest BCUT2D eigenvalue weighted by atomic mass is 9.96. The lowest BCUT2D eigenvalue weighted by Crippen LogP contribution is -2.10. The van der Waals surface area contributed by atoms with Crippen molar-refractivity contribution in [3.63, 3.8) is 0 Å². The number of aryl methyl sites for hydroxylation is 2. The Labute approximate surface area is 134 Å². The Kier molecular flexibility index (Phi) is 5.36. The molecule has 20 heavy (non-hydrogen) atoms. The molecule has 0 N–H and O–H groups in total. The number of hydrogen-bond acceptors (Lipinski definition) is 1. The Morgan fingerprint density at radius 3 is 2.65 bits per heavy atom. The van der Waals surface area contributed by atoms with E-state index >= 15 is 0 Å². The van der Waals surface area contributed by atoms with Gasteiger partial charge in [-0.1, -0.05) is 35.3 Å². The highest BCUT2D eigenvalue weighted by atomic mass is 35.5. The van der Waals surface area contributed by atoms with Gasteiger partial charge in [0.25, 0.3) is 0 Å². The molecular weight excluding hydrogens is 315 g/mol. The van der Waals surface area contributed by atoms with Crippen LogP contribution in [0.2, 0.25) is 10.0 Å². The summed E-state index contributed by atoms with van der Waals surface area (Å²) in [7, 11) is 0. The lowest BCUT2D eigenvalue weighted by molar-refractivity contribution is 0.596. The molecule has 0 aliphatic rings. The van der Waals surface area contributed by atoms with Gasteiger partial charge in [0.2, 0.25) is 0 Å². The summed E-state index contributed by atoms with van der Waals surface area (Å²) in [4.78, 5) is 0. The van der Waals surface area contributed by atoms with E-state index in [2.05, 4.69) is 12.0 Å².